The van der Waals surface area contributed by atoms with Gasteiger partial charge in [-0.15, -0.1) is 11.3 Å². The Labute approximate surface area is 184 Å². The predicted octanol–water partition coefficient (Wildman–Crippen LogP) is 1.70. The smallest absolute Gasteiger partial charge is 0.321 e. The normalized spacial score (nSPS) is 13.4. The Morgan fingerprint density at radius 2 is 2.00 bits per heavy atom. The molecule has 2 aromatic rings. The molecule has 0 saturated carbocycles. The molecule has 12 heteroatoms. The lowest BCUT2D eigenvalue weighted by atomic mass is 10.3. The summed E-state index contributed by atoms with van der Waals surface area (Å²) < 4.78 is 43.3. The van der Waals surface area contributed by atoms with Crippen molar-refractivity contribution in [3.63, 3.8) is 0 Å². The van der Waals surface area contributed by atoms with Gasteiger partial charge < -0.3 is 14.2 Å². The highest BCUT2D eigenvalue weighted by Gasteiger charge is 2.20. The third-order valence-corrected chi connectivity index (χ3v) is 6.60. The third kappa shape index (κ3) is 5.93. The van der Waals surface area contributed by atoms with Crippen LogP contribution in [0.15, 0.2) is 28.5 Å². The van der Waals surface area contributed by atoms with Crippen molar-refractivity contribution in [1.82, 2.24) is 9.71 Å². The Bertz CT molecular complexity index is 1050. The van der Waals surface area contributed by atoms with E-state index in [-0.39, 0.29) is 17.4 Å². The van der Waals surface area contributed by atoms with Gasteiger partial charge in [0.25, 0.3) is 0 Å². The average molecular weight is 470 g/mol. The first-order chi connectivity index (χ1) is 14.8. The van der Waals surface area contributed by atoms with Crippen molar-refractivity contribution in [3.8, 4) is 11.5 Å². The van der Waals surface area contributed by atoms with E-state index in [2.05, 4.69) is 9.71 Å². The predicted molar refractivity (Wildman–Crippen MR) is 113 cm³/mol. The molecule has 0 unspecified atom stereocenters. The van der Waals surface area contributed by atoms with Crippen molar-refractivity contribution in [2.45, 2.75) is 31.8 Å². The highest BCUT2D eigenvalue weighted by Crippen LogP contribution is 2.31. The lowest BCUT2D eigenvalue weighted by molar-refractivity contribution is -0.143. The quantitative estimate of drug-likeness (QED) is 0.580. The molecule has 1 N–H and O–H groups in total. The van der Waals surface area contributed by atoms with Crippen LogP contribution in [0.1, 0.15) is 26.0 Å². The van der Waals surface area contributed by atoms with Gasteiger partial charge in [0.2, 0.25) is 15.9 Å². The van der Waals surface area contributed by atoms with Crippen LogP contribution >= 0.6 is 11.3 Å². The second-order valence-corrected chi connectivity index (χ2v) is 9.13. The minimum absolute atomic E-state index is 0.0439. The number of rotatable bonds is 8. The first-order valence-corrected chi connectivity index (χ1v) is 11.9. The number of nitrogens with zero attached hydrogens (tertiary/aromatic N) is 2. The van der Waals surface area contributed by atoms with Gasteiger partial charge in [-0.2, -0.15) is 4.72 Å². The molecule has 0 atom stereocenters. The number of sulfonamides is 1. The summed E-state index contributed by atoms with van der Waals surface area (Å²) in [7, 11) is -3.95. The molecule has 168 valence electrons. The van der Waals surface area contributed by atoms with Crippen molar-refractivity contribution in [3.05, 3.63) is 29.3 Å². The van der Waals surface area contributed by atoms with Gasteiger partial charge in [-0.3, -0.25) is 14.5 Å². The number of aromatic nitrogens is 1. The molecule has 0 aliphatic carbocycles. The summed E-state index contributed by atoms with van der Waals surface area (Å²) in [6, 6.07) is 4.26. The zero-order valence-corrected chi connectivity index (χ0v) is 18.8. The van der Waals surface area contributed by atoms with Gasteiger partial charge >= 0.3 is 5.97 Å². The first-order valence-electron chi connectivity index (χ1n) is 9.57. The number of esters is 1. The van der Waals surface area contributed by atoms with Gasteiger partial charge in [-0.25, -0.2) is 13.4 Å². The number of carbonyl (C=O) groups is 2. The number of amides is 1. The molecule has 31 heavy (non-hydrogen) atoms. The highest BCUT2D eigenvalue weighted by molar-refractivity contribution is 7.89. The van der Waals surface area contributed by atoms with Gasteiger partial charge in [-0.05, 0) is 19.1 Å². The van der Waals surface area contributed by atoms with Gasteiger partial charge in [0.1, 0.15) is 13.2 Å². The van der Waals surface area contributed by atoms with Crippen LogP contribution in [-0.2, 0) is 31.0 Å². The molecular weight excluding hydrogens is 446 g/mol. The third-order valence-electron chi connectivity index (χ3n) is 4.28. The summed E-state index contributed by atoms with van der Waals surface area (Å²) >= 11 is 1.26. The van der Waals surface area contributed by atoms with Gasteiger partial charge in [-0.1, -0.05) is 0 Å². The molecule has 0 saturated heterocycles. The molecule has 1 amide bonds. The van der Waals surface area contributed by atoms with E-state index in [1.807, 2.05) is 6.92 Å². The zero-order valence-electron chi connectivity index (χ0n) is 17.1. The second-order valence-electron chi connectivity index (χ2n) is 6.53. The summed E-state index contributed by atoms with van der Waals surface area (Å²) in [4.78, 5) is 29.3. The average Bonchev–Trinajstić information content (AvgIpc) is 3.06. The maximum Gasteiger partial charge on any atom is 0.321 e. The van der Waals surface area contributed by atoms with E-state index in [1.54, 1.807) is 5.38 Å². The number of fused-ring (bicyclic) bond motifs is 1. The number of anilines is 1. The standard InChI is InChI=1S/C19H23N3O7S2/c1-3-22(13(2)23)19-21-14(12-30-19)11-29-18(24)10-20-31(25,26)15-5-6-16-17(9-15)28-8-4-7-27-16/h5-6,9,12,20H,3-4,7-8,10-11H2,1-2H3. The van der Waals surface area contributed by atoms with Crippen LogP contribution in [0.5, 0.6) is 11.5 Å². The highest BCUT2D eigenvalue weighted by atomic mass is 32.2. The Morgan fingerprint density at radius 3 is 2.71 bits per heavy atom. The molecule has 2 heterocycles. The van der Waals surface area contributed by atoms with Gasteiger partial charge in [0, 0.05) is 31.3 Å². The number of carbonyl (C=O) groups excluding carboxylic acids is 2. The lowest BCUT2D eigenvalue weighted by Gasteiger charge is -2.14. The van der Waals surface area contributed by atoms with Crippen LogP contribution in [0.25, 0.3) is 0 Å². The Hall–Kier alpha value is -2.70. The molecular formula is C19H23N3O7S2. The van der Waals surface area contributed by atoms with Gasteiger partial charge in [0.05, 0.1) is 23.8 Å². The van der Waals surface area contributed by atoms with E-state index in [0.29, 0.717) is 48.5 Å². The lowest BCUT2D eigenvalue weighted by Crippen LogP contribution is -2.30. The second kappa shape index (κ2) is 10.1. The molecule has 1 aromatic heterocycles. The molecule has 0 fully saturated rings. The summed E-state index contributed by atoms with van der Waals surface area (Å²) in [5.74, 6) is -0.0742. The van der Waals surface area contributed by atoms with E-state index in [0.717, 1.165) is 0 Å². The molecule has 10 nitrogen and oxygen atoms in total. The molecule has 0 spiro atoms. The fourth-order valence-electron chi connectivity index (χ4n) is 2.73. The van der Waals surface area contributed by atoms with E-state index in [4.69, 9.17) is 14.2 Å². The number of hydrogen-bond donors (Lipinski definition) is 1. The van der Waals surface area contributed by atoms with Crippen LogP contribution in [0, 0.1) is 0 Å². The summed E-state index contributed by atoms with van der Waals surface area (Å²) in [6.45, 7) is 4.01. The number of hydrogen-bond acceptors (Lipinski definition) is 9. The Kier molecular flexibility index (Phi) is 7.46. The van der Waals surface area contributed by atoms with E-state index in [9.17, 15) is 18.0 Å². The molecule has 1 aliphatic rings. The maximum atomic E-state index is 12.5. The molecule has 0 bridgehead atoms. The zero-order chi connectivity index (χ0) is 22.4. The SMILES string of the molecule is CCN(C(C)=O)c1nc(COC(=O)CNS(=O)(=O)c2ccc3c(c2)OCCCO3)cs1. The van der Waals surface area contributed by atoms with E-state index >= 15 is 0 Å². The molecule has 3 rings (SSSR count). The topological polar surface area (TPSA) is 124 Å². The van der Waals surface area contributed by atoms with Crippen molar-refractivity contribution in [2.24, 2.45) is 0 Å². The number of nitrogens with one attached hydrogen (secondary N) is 1. The number of thiazole rings is 1. The molecule has 1 aromatic carbocycles. The van der Waals surface area contributed by atoms with Crippen molar-refractivity contribution < 1.29 is 32.2 Å². The Balaban J connectivity index is 1.54. The molecule has 1 aliphatic heterocycles. The van der Waals surface area contributed by atoms with Crippen LogP contribution in [0.3, 0.4) is 0 Å². The van der Waals surface area contributed by atoms with Crippen molar-refractivity contribution >= 4 is 38.4 Å². The van der Waals surface area contributed by atoms with Gasteiger partial charge in [0.15, 0.2) is 16.6 Å². The largest absolute Gasteiger partial charge is 0.490 e. The summed E-state index contributed by atoms with van der Waals surface area (Å²) in [6.07, 6.45) is 0.701. The van der Waals surface area contributed by atoms with Crippen molar-refractivity contribution in [2.75, 3.05) is 31.2 Å². The minimum Gasteiger partial charge on any atom is -0.490 e. The Morgan fingerprint density at radius 1 is 1.26 bits per heavy atom. The molecule has 0 radical (unpaired) electrons. The maximum absolute atomic E-state index is 12.5. The fraction of sp³-hybridized carbons (Fsp3) is 0.421. The van der Waals surface area contributed by atoms with Crippen molar-refractivity contribution in [1.29, 1.82) is 0 Å². The van der Waals surface area contributed by atoms with Crippen LogP contribution in [-0.4, -0.2) is 51.6 Å². The fourth-order valence-corrected chi connectivity index (χ4v) is 4.63. The van der Waals surface area contributed by atoms with Crippen LogP contribution < -0.4 is 19.1 Å². The number of ether oxygens (including phenoxy) is 3. The van der Waals surface area contributed by atoms with E-state index in [1.165, 1.54) is 41.4 Å². The summed E-state index contributed by atoms with van der Waals surface area (Å²) in [5, 5.41) is 2.19. The summed E-state index contributed by atoms with van der Waals surface area (Å²) in [5.41, 5.74) is 0.471. The first kappa shape index (κ1) is 23.0. The van der Waals surface area contributed by atoms with E-state index < -0.39 is 22.5 Å². The number of benzene rings is 1. The van der Waals surface area contributed by atoms with Crippen LogP contribution in [0.2, 0.25) is 0 Å². The van der Waals surface area contributed by atoms with Crippen LogP contribution in [0.4, 0.5) is 5.13 Å². The monoisotopic (exact) mass is 469 g/mol. The minimum atomic E-state index is -3.95.